The van der Waals surface area contributed by atoms with Crippen LogP contribution in [0.1, 0.15) is 18.5 Å². The second kappa shape index (κ2) is 6.53. The molecular formula is C13H14Cl2N2O. The second-order valence-corrected chi connectivity index (χ2v) is 4.66. The van der Waals surface area contributed by atoms with Crippen molar-refractivity contribution in [3.05, 3.63) is 33.8 Å². The van der Waals surface area contributed by atoms with E-state index in [1.807, 2.05) is 6.92 Å². The maximum Gasteiger partial charge on any atom is 0.318 e. The summed E-state index contributed by atoms with van der Waals surface area (Å²) in [6.45, 7) is 2.08. The van der Waals surface area contributed by atoms with Gasteiger partial charge in [-0.3, -0.25) is 0 Å². The lowest BCUT2D eigenvalue weighted by atomic mass is 10.1. The standard InChI is InChI=1S/C13H14Cl2N2O/c1-4-7-16-13(18)17(3)9(2)11-6-5-10(14)8-12(11)15/h1,5-6,8-9H,7H2,2-3H3,(H,16,18). The zero-order valence-electron chi connectivity index (χ0n) is 10.2. The maximum absolute atomic E-state index is 11.7. The third kappa shape index (κ3) is 3.56. The third-order valence-electron chi connectivity index (χ3n) is 2.66. The van der Waals surface area contributed by atoms with Crippen molar-refractivity contribution in [1.82, 2.24) is 10.2 Å². The zero-order chi connectivity index (χ0) is 13.7. The molecule has 96 valence electrons. The minimum absolute atomic E-state index is 0.174. The molecule has 2 amide bonds. The van der Waals surface area contributed by atoms with E-state index in [-0.39, 0.29) is 18.6 Å². The molecule has 0 aliphatic rings. The minimum Gasteiger partial charge on any atom is -0.327 e. The number of amides is 2. The van der Waals surface area contributed by atoms with Crippen molar-refractivity contribution in [1.29, 1.82) is 0 Å². The lowest BCUT2D eigenvalue weighted by Gasteiger charge is -2.26. The molecule has 0 aliphatic carbocycles. The van der Waals surface area contributed by atoms with E-state index in [1.165, 1.54) is 4.90 Å². The first-order valence-corrected chi connectivity index (χ1v) is 6.12. The Labute approximate surface area is 117 Å². The molecule has 1 rings (SSSR count). The van der Waals surface area contributed by atoms with Crippen LogP contribution in [-0.2, 0) is 0 Å². The first-order chi connectivity index (χ1) is 8.47. The summed E-state index contributed by atoms with van der Waals surface area (Å²) in [6, 6.07) is 4.79. The lowest BCUT2D eigenvalue weighted by molar-refractivity contribution is 0.196. The quantitative estimate of drug-likeness (QED) is 0.849. The fraction of sp³-hybridized carbons (Fsp3) is 0.308. The SMILES string of the molecule is C#CCNC(=O)N(C)C(C)c1ccc(Cl)cc1Cl. The van der Waals surface area contributed by atoms with Crippen molar-refractivity contribution in [3.63, 3.8) is 0 Å². The fourth-order valence-corrected chi connectivity index (χ4v) is 2.04. The van der Waals surface area contributed by atoms with Crippen LogP contribution in [0.15, 0.2) is 18.2 Å². The number of carbonyl (C=O) groups excluding carboxylic acids is 1. The van der Waals surface area contributed by atoms with Gasteiger partial charge in [-0.1, -0.05) is 35.2 Å². The first kappa shape index (κ1) is 14.7. The number of hydrogen-bond acceptors (Lipinski definition) is 1. The Balaban J connectivity index is 2.83. The van der Waals surface area contributed by atoms with Crippen molar-refractivity contribution >= 4 is 29.2 Å². The number of nitrogens with zero attached hydrogens (tertiary/aromatic N) is 1. The van der Waals surface area contributed by atoms with Crippen LogP contribution in [0, 0.1) is 12.3 Å². The summed E-state index contributed by atoms with van der Waals surface area (Å²) in [5, 5.41) is 3.69. The highest BCUT2D eigenvalue weighted by Gasteiger charge is 2.19. The topological polar surface area (TPSA) is 32.3 Å². The predicted molar refractivity (Wildman–Crippen MR) is 74.9 cm³/mol. The molecule has 0 saturated heterocycles. The normalized spacial score (nSPS) is 11.5. The number of nitrogens with one attached hydrogen (secondary N) is 1. The van der Waals surface area contributed by atoms with Gasteiger partial charge in [0.15, 0.2) is 0 Å². The molecule has 3 nitrogen and oxygen atoms in total. The van der Waals surface area contributed by atoms with E-state index < -0.39 is 0 Å². The Kier molecular flexibility index (Phi) is 5.33. The summed E-state index contributed by atoms with van der Waals surface area (Å²) in [5.74, 6) is 2.35. The predicted octanol–water partition coefficient (Wildman–Crippen LogP) is 3.33. The van der Waals surface area contributed by atoms with Crippen LogP contribution in [-0.4, -0.2) is 24.5 Å². The molecular weight excluding hydrogens is 271 g/mol. The van der Waals surface area contributed by atoms with Gasteiger partial charge in [-0.15, -0.1) is 6.42 Å². The molecule has 0 radical (unpaired) electrons. The van der Waals surface area contributed by atoms with Crippen LogP contribution < -0.4 is 5.32 Å². The summed E-state index contributed by atoms with van der Waals surface area (Å²) < 4.78 is 0. The highest BCUT2D eigenvalue weighted by atomic mass is 35.5. The molecule has 0 spiro atoms. The Morgan fingerprint density at radius 3 is 2.78 bits per heavy atom. The molecule has 0 bridgehead atoms. The summed E-state index contributed by atoms with van der Waals surface area (Å²) in [5.41, 5.74) is 0.833. The average molecular weight is 285 g/mol. The Morgan fingerprint density at radius 2 is 2.22 bits per heavy atom. The maximum atomic E-state index is 11.7. The van der Waals surface area contributed by atoms with Crippen LogP contribution in [0.25, 0.3) is 0 Å². The van der Waals surface area contributed by atoms with Gasteiger partial charge >= 0.3 is 6.03 Å². The molecule has 0 aliphatic heterocycles. The summed E-state index contributed by atoms with van der Waals surface area (Å²) in [7, 11) is 1.68. The number of carbonyl (C=O) groups is 1. The van der Waals surface area contributed by atoms with Crippen molar-refractivity contribution in [2.75, 3.05) is 13.6 Å². The summed E-state index contributed by atoms with van der Waals surface area (Å²) >= 11 is 11.9. The van der Waals surface area contributed by atoms with E-state index in [9.17, 15) is 4.79 Å². The molecule has 18 heavy (non-hydrogen) atoms. The molecule has 0 saturated carbocycles. The Morgan fingerprint density at radius 1 is 1.56 bits per heavy atom. The third-order valence-corrected chi connectivity index (χ3v) is 3.22. The van der Waals surface area contributed by atoms with Crippen molar-refractivity contribution in [3.8, 4) is 12.3 Å². The molecule has 1 aromatic carbocycles. The molecule has 5 heteroatoms. The molecule has 0 heterocycles. The molecule has 0 aromatic heterocycles. The van der Waals surface area contributed by atoms with Gasteiger partial charge in [-0.05, 0) is 24.6 Å². The summed E-state index contributed by atoms with van der Waals surface area (Å²) in [6.07, 6.45) is 5.09. The van der Waals surface area contributed by atoms with Gasteiger partial charge < -0.3 is 10.2 Å². The summed E-state index contributed by atoms with van der Waals surface area (Å²) in [4.78, 5) is 13.3. The average Bonchev–Trinajstić information content (AvgIpc) is 2.34. The number of halogens is 2. The van der Waals surface area contributed by atoms with Crippen LogP contribution in [0.2, 0.25) is 10.0 Å². The Bertz CT molecular complexity index is 482. The number of hydrogen-bond donors (Lipinski definition) is 1. The smallest absolute Gasteiger partial charge is 0.318 e. The molecule has 1 aromatic rings. The van der Waals surface area contributed by atoms with Crippen LogP contribution in [0.4, 0.5) is 4.79 Å². The number of terminal acetylenes is 1. The Hall–Kier alpha value is -1.37. The molecule has 1 atom stereocenters. The van der Waals surface area contributed by atoms with E-state index in [0.717, 1.165) is 5.56 Å². The van der Waals surface area contributed by atoms with E-state index in [1.54, 1.807) is 25.2 Å². The molecule has 0 fully saturated rings. The minimum atomic E-state index is -0.244. The zero-order valence-corrected chi connectivity index (χ0v) is 11.7. The van der Waals surface area contributed by atoms with E-state index in [4.69, 9.17) is 29.6 Å². The van der Waals surface area contributed by atoms with Crippen LogP contribution in [0.5, 0.6) is 0 Å². The molecule has 1 unspecified atom stereocenters. The van der Waals surface area contributed by atoms with Gasteiger partial charge in [0.1, 0.15) is 0 Å². The van der Waals surface area contributed by atoms with Gasteiger partial charge in [0.2, 0.25) is 0 Å². The van der Waals surface area contributed by atoms with Gasteiger partial charge in [0.05, 0.1) is 12.6 Å². The first-order valence-electron chi connectivity index (χ1n) is 5.36. The lowest BCUT2D eigenvalue weighted by Crippen LogP contribution is -2.38. The second-order valence-electron chi connectivity index (χ2n) is 3.82. The molecule has 1 N–H and O–H groups in total. The van der Waals surface area contributed by atoms with Crippen LogP contribution in [0.3, 0.4) is 0 Å². The number of urea groups is 1. The van der Waals surface area contributed by atoms with Crippen molar-refractivity contribution in [2.24, 2.45) is 0 Å². The van der Waals surface area contributed by atoms with Gasteiger partial charge in [0, 0.05) is 17.1 Å². The fourth-order valence-electron chi connectivity index (χ4n) is 1.48. The highest BCUT2D eigenvalue weighted by molar-refractivity contribution is 6.35. The van der Waals surface area contributed by atoms with Crippen molar-refractivity contribution in [2.45, 2.75) is 13.0 Å². The number of benzene rings is 1. The number of rotatable bonds is 3. The monoisotopic (exact) mass is 284 g/mol. The van der Waals surface area contributed by atoms with Gasteiger partial charge in [0.25, 0.3) is 0 Å². The largest absolute Gasteiger partial charge is 0.327 e. The van der Waals surface area contributed by atoms with Crippen molar-refractivity contribution < 1.29 is 4.79 Å². The van der Waals surface area contributed by atoms with Gasteiger partial charge in [-0.2, -0.15) is 0 Å². The van der Waals surface area contributed by atoms with Crippen LogP contribution >= 0.6 is 23.2 Å². The van der Waals surface area contributed by atoms with Gasteiger partial charge in [-0.25, -0.2) is 4.79 Å². The van der Waals surface area contributed by atoms with E-state index >= 15 is 0 Å². The van der Waals surface area contributed by atoms with E-state index in [0.29, 0.717) is 10.0 Å². The highest BCUT2D eigenvalue weighted by Crippen LogP contribution is 2.28. The van der Waals surface area contributed by atoms with E-state index in [2.05, 4.69) is 11.2 Å².